The lowest BCUT2D eigenvalue weighted by Crippen LogP contribution is -2.42. The lowest BCUT2D eigenvalue weighted by molar-refractivity contribution is -0.385. The molecule has 1 aromatic carbocycles. The van der Waals surface area contributed by atoms with Crippen molar-refractivity contribution in [3.63, 3.8) is 0 Å². The summed E-state index contributed by atoms with van der Waals surface area (Å²) in [7, 11) is 0. The van der Waals surface area contributed by atoms with Crippen LogP contribution < -0.4 is 0 Å². The van der Waals surface area contributed by atoms with E-state index >= 15 is 0 Å². The Bertz CT molecular complexity index is 540. The summed E-state index contributed by atoms with van der Waals surface area (Å²) in [5, 5.41) is 19.5. The second kappa shape index (κ2) is 6.62. The van der Waals surface area contributed by atoms with Crippen LogP contribution in [-0.4, -0.2) is 33.0 Å². The number of carboxylic acid groups (broad SMARTS) is 1. The maximum absolute atomic E-state index is 13.4. The van der Waals surface area contributed by atoms with Gasteiger partial charge in [-0.2, -0.15) is 0 Å². The maximum atomic E-state index is 13.4. The van der Waals surface area contributed by atoms with Gasteiger partial charge in [0.25, 0.3) is 5.69 Å². The molecule has 0 amide bonds. The molecule has 0 aliphatic carbocycles. The maximum Gasteiger partial charge on any atom is 0.304 e. The van der Waals surface area contributed by atoms with Crippen molar-refractivity contribution in [2.24, 2.45) is 0 Å². The lowest BCUT2D eigenvalue weighted by Gasteiger charge is -2.35. The lowest BCUT2D eigenvalue weighted by atomic mass is 10.0. The highest BCUT2D eigenvalue weighted by Gasteiger charge is 2.23. The van der Waals surface area contributed by atoms with Gasteiger partial charge in [0.1, 0.15) is 5.82 Å². The average Bonchev–Trinajstić information content (AvgIpc) is 2.32. The van der Waals surface area contributed by atoms with Crippen molar-refractivity contribution in [3.8, 4) is 0 Å². The number of carboxylic acids is 1. The van der Waals surface area contributed by atoms with Crippen molar-refractivity contribution < 1.29 is 19.2 Å². The molecule has 21 heavy (non-hydrogen) atoms. The third-order valence-corrected chi connectivity index (χ3v) is 3.07. The third-order valence-electron chi connectivity index (χ3n) is 3.07. The van der Waals surface area contributed by atoms with Gasteiger partial charge in [0, 0.05) is 24.7 Å². The summed E-state index contributed by atoms with van der Waals surface area (Å²) >= 11 is 0. The number of nitro benzene ring substituents is 1. The van der Waals surface area contributed by atoms with Gasteiger partial charge in [-0.15, -0.1) is 0 Å². The molecular weight excluding hydrogens is 279 g/mol. The summed E-state index contributed by atoms with van der Waals surface area (Å²) in [6.45, 7) is 6.24. The van der Waals surface area contributed by atoms with Crippen LogP contribution in [0, 0.1) is 15.9 Å². The number of hydrogen-bond donors (Lipinski definition) is 1. The highest BCUT2D eigenvalue weighted by Crippen LogP contribution is 2.22. The van der Waals surface area contributed by atoms with Gasteiger partial charge in [-0.1, -0.05) is 0 Å². The quantitative estimate of drug-likeness (QED) is 0.645. The number of hydrogen-bond acceptors (Lipinski definition) is 4. The summed E-state index contributed by atoms with van der Waals surface area (Å²) in [4.78, 5) is 22.7. The van der Waals surface area contributed by atoms with Crippen molar-refractivity contribution in [2.45, 2.75) is 39.3 Å². The summed E-state index contributed by atoms with van der Waals surface area (Å²) in [6, 6.07) is 3.40. The van der Waals surface area contributed by atoms with Crippen LogP contribution >= 0.6 is 0 Å². The number of halogens is 1. The van der Waals surface area contributed by atoms with Gasteiger partial charge in [0.05, 0.1) is 17.4 Å². The van der Waals surface area contributed by atoms with Crippen molar-refractivity contribution in [2.75, 3.05) is 6.54 Å². The molecular formula is C14H19FN2O4. The monoisotopic (exact) mass is 298 g/mol. The van der Waals surface area contributed by atoms with Crippen molar-refractivity contribution >= 4 is 11.7 Å². The second-order valence-electron chi connectivity index (χ2n) is 5.81. The minimum Gasteiger partial charge on any atom is -0.481 e. The van der Waals surface area contributed by atoms with E-state index in [0.29, 0.717) is 5.56 Å². The average molecular weight is 298 g/mol. The number of benzene rings is 1. The molecule has 0 heterocycles. The molecule has 7 heteroatoms. The first-order valence-electron chi connectivity index (χ1n) is 6.50. The number of nitro groups is 1. The molecule has 0 aliphatic heterocycles. The molecule has 0 spiro atoms. The standard InChI is InChI=1S/C14H19FN2O4/c1-14(2,3)16(5-4-13(18)19)9-10-6-11(15)8-12(7-10)17(20)21/h6-8H,4-5,9H2,1-3H3,(H,18,19). The van der Waals surface area contributed by atoms with E-state index in [9.17, 15) is 19.3 Å². The van der Waals surface area contributed by atoms with E-state index in [1.54, 1.807) is 0 Å². The Labute approximate surface area is 122 Å². The van der Waals surface area contributed by atoms with Crippen molar-refractivity contribution in [3.05, 3.63) is 39.7 Å². The molecule has 0 aliphatic rings. The van der Waals surface area contributed by atoms with E-state index in [1.165, 1.54) is 12.1 Å². The molecule has 0 fully saturated rings. The van der Waals surface area contributed by atoms with Gasteiger partial charge >= 0.3 is 5.97 Å². The topological polar surface area (TPSA) is 83.7 Å². The van der Waals surface area contributed by atoms with Gasteiger partial charge in [0.15, 0.2) is 0 Å². The molecule has 0 unspecified atom stereocenters. The summed E-state index contributed by atoms with van der Waals surface area (Å²) in [5.74, 6) is -1.60. The molecule has 0 atom stereocenters. The molecule has 0 aromatic heterocycles. The number of rotatable bonds is 6. The fraction of sp³-hybridized carbons (Fsp3) is 0.500. The molecule has 0 radical (unpaired) electrons. The Kier molecular flexibility index (Phi) is 5.37. The molecule has 6 nitrogen and oxygen atoms in total. The molecule has 0 bridgehead atoms. The Morgan fingerprint density at radius 3 is 2.48 bits per heavy atom. The van der Waals surface area contributed by atoms with Gasteiger partial charge in [-0.3, -0.25) is 19.8 Å². The van der Waals surface area contributed by atoms with E-state index in [1.807, 2.05) is 25.7 Å². The normalized spacial score (nSPS) is 11.7. The second-order valence-corrected chi connectivity index (χ2v) is 5.81. The Morgan fingerprint density at radius 1 is 1.38 bits per heavy atom. The molecule has 0 saturated heterocycles. The first kappa shape index (κ1) is 17.0. The first-order chi connectivity index (χ1) is 9.59. The predicted molar refractivity (Wildman–Crippen MR) is 75.5 cm³/mol. The fourth-order valence-electron chi connectivity index (χ4n) is 1.93. The minimum atomic E-state index is -0.922. The predicted octanol–water partition coefficient (Wildman–Crippen LogP) is 2.81. The summed E-state index contributed by atoms with van der Waals surface area (Å²) < 4.78 is 13.4. The zero-order valence-electron chi connectivity index (χ0n) is 12.3. The summed E-state index contributed by atoms with van der Waals surface area (Å²) in [6.07, 6.45) is -0.0469. The minimum absolute atomic E-state index is 0.0469. The summed E-state index contributed by atoms with van der Waals surface area (Å²) in [5.41, 5.74) is -0.199. The van der Waals surface area contributed by atoms with Crippen LogP contribution in [0.1, 0.15) is 32.8 Å². The number of non-ortho nitro benzene ring substituents is 1. The van der Waals surface area contributed by atoms with Crippen LogP contribution in [0.3, 0.4) is 0 Å². The van der Waals surface area contributed by atoms with E-state index in [4.69, 9.17) is 5.11 Å². The third kappa shape index (κ3) is 5.47. The van der Waals surface area contributed by atoms with Crippen molar-refractivity contribution in [1.82, 2.24) is 4.90 Å². The zero-order valence-corrected chi connectivity index (χ0v) is 12.3. The van der Waals surface area contributed by atoms with E-state index in [-0.39, 0.29) is 30.7 Å². The highest BCUT2D eigenvalue weighted by molar-refractivity contribution is 5.66. The Hall–Kier alpha value is -2.02. The van der Waals surface area contributed by atoms with Crippen LogP contribution in [0.5, 0.6) is 0 Å². The fourth-order valence-corrected chi connectivity index (χ4v) is 1.93. The molecule has 1 rings (SSSR count). The van der Waals surface area contributed by atoms with Crippen molar-refractivity contribution in [1.29, 1.82) is 0 Å². The van der Waals surface area contributed by atoms with Crippen LogP contribution in [0.2, 0.25) is 0 Å². The Balaban J connectivity index is 2.97. The van der Waals surface area contributed by atoms with Crippen LogP contribution in [0.4, 0.5) is 10.1 Å². The van der Waals surface area contributed by atoms with E-state index in [0.717, 1.165) is 6.07 Å². The number of carbonyl (C=O) groups is 1. The molecule has 116 valence electrons. The Morgan fingerprint density at radius 2 is 2.00 bits per heavy atom. The molecule has 1 aromatic rings. The number of nitrogens with zero attached hydrogens (tertiary/aromatic N) is 2. The molecule has 1 N–H and O–H groups in total. The van der Waals surface area contributed by atoms with Gasteiger partial charge < -0.3 is 5.11 Å². The van der Waals surface area contributed by atoms with E-state index < -0.39 is 16.7 Å². The van der Waals surface area contributed by atoms with Gasteiger partial charge in [0.2, 0.25) is 0 Å². The van der Waals surface area contributed by atoms with Crippen LogP contribution in [0.15, 0.2) is 18.2 Å². The van der Waals surface area contributed by atoms with Crippen LogP contribution in [-0.2, 0) is 11.3 Å². The van der Waals surface area contributed by atoms with Gasteiger partial charge in [-0.05, 0) is 32.4 Å². The highest BCUT2D eigenvalue weighted by atomic mass is 19.1. The largest absolute Gasteiger partial charge is 0.481 e. The first-order valence-corrected chi connectivity index (χ1v) is 6.50. The molecule has 0 saturated carbocycles. The van der Waals surface area contributed by atoms with Gasteiger partial charge in [-0.25, -0.2) is 4.39 Å². The smallest absolute Gasteiger partial charge is 0.304 e. The SMILES string of the molecule is CC(C)(C)N(CCC(=O)O)Cc1cc(F)cc([N+](=O)[O-])c1. The number of aliphatic carboxylic acids is 1. The van der Waals surface area contributed by atoms with Crippen LogP contribution in [0.25, 0.3) is 0 Å². The zero-order chi connectivity index (χ0) is 16.2. The van der Waals surface area contributed by atoms with E-state index in [2.05, 4.69) is 0 Å².